The molecule has 0 saturated heterocycles. The third-order valence-electron chi connectivity index (χ3n) is 8.73. The van der Waals surface area contributed by atoms with Crippen molar-refractivity contribution in [2.45, 2.75) is 0 Å². The first-order chi connectivity index (χ1) is 23.3. The summed E-state index contributed by atoms with van der Waals surface area (Å²) in [5, 5.41) is 5.07. The summed E-state index contributed by atoms with van der Waals surface area (Å²) in [5.74, 6) is 1.98. The van der Waals surface area contributed by atoms with Crippen LogP contribution in [0.15, 0.2) is 164 Å². The van der Waals surface area contributed by atoms with E-state index in [4.69, 9.17) is 15.0 Å². The molecule has 0 aliphatic heterocycles. The van der Waals surface area contributed by atoms with Crippen LogP contribution in [0.2, 0.25) is 0 Å². The fourth-order valence-corrected chi connectivity index (χ4v) is 9.62. The summed E-state index contributed by atoms with van der Waals surface area (Å²) in [6, 6.07) is 58.1. The van der Waals surface area contributed by atoms with Crippen LogP contribution in [0.25, 0.3) is 84.8 Å². The second kappa shape index (κ2) is 11.8. The van der Waals surface area contributed by atoms with E-state index in [9.17, 15) is 0 Å². The first-order valence-electron chi connectivity index (χ1n) is 15.7. The Kier molecular flexibility index (Phi) is 6.97. The van der Waals surface area contributed by atoms with Gasteiger partial charge in [0.1, 0.15) is 0 Å². The summed E-state index contributed by atoms with van der Waals surface area (Å²) < 4.78 is 3.02. The van der Waals surface area contributed by atoms with Gasteiger partial charge in [-0.15, -0.1) is 0 Å². The average Bonchev–Trinajstić information content (AvgIpc) is 3.53. The predicted octanol–water partition coefficient (Wildman–Crippen LogP) is 10.7. The zero-order valence-corrected chi connectivity index (χ0v) is 27.7. The van der Waals surface area contributed by atoms with Gasteiger partial charge in [0, 0.05) is 0 Å². The molecule has 0 bridgehead atoms. The van der Waals surface area contributed by atoms with Crippen LogP contribution in [0.3, 0.4) is 0 Å². The molecule has 0 fully saturated rings. The Hall–Kier alpha value is -5.40. The zero-order valence-electron chi connectivity index (χ0n) is 25.3. The Bertz CT molecular complexity index is 2550. The van der Waals surface area contributed by atoms with E-state index < -0.39 is 20.4 Å². The van der Waals surface area contributed by atoms with E-state index in [0.29, 0.717) is 17.5 Å². The van der Waals surface area contributed by atoms with Gasteiger partial charge in [-0.3, -0.25) is 0 Å². The van der Waals surface area contributed by atoms with Gasteiger partial charge in [-0.25, -0.2) is 0 Å². The molecule has 0 spiro atoms. The van der Waals surface area contributed by atoms with E-state index in [1.807, 2.05) is 24.3 Å². The number of aromatic nitrogens is 3. The molecular weight excluding hydrogens is 686 g/mol. The van der Waals surface area contributed by atoms with Gasteiger partial charge in [-0.1, -0.05) is 36.4 Å². The molecule has 3 nitrogen and oxygen atoms in total. The van der Waals surface area contributed by atoms with Crippen molar-refractivity contribution in [1.82, 2.24) is 15.0 Å². The third-order valence-corrected chi connectivity index (χ3v) is 12.0. The number of fused-ring (bicyclic) bond motifs is 4. The van der Waals surface area contributed by atoms with Gasteiger partial charge in [0.05, 0.1) is 0 Å². The molecule has 4 heteroatoms. The molecule has 0 radical (unpaired) electrons. The second-order valence-corrected chi connectivity index (χ2v) is 14.8. The Labute approximate surface area is 282 Å². The molecule has 7 aromatic carbocycles. The number of hydrogen-bond donors (Lipinski definition) is 0. The van der Waals surface area contributed by atoms with Crippen molar-refractivity contribution in [3.63, 3.8) is 0 Å². The summed E-state index contributed by atoms with van der Waals surface area (Å²) in [5.41, 5.74) is 7.64. The summed E-state index contributed by atoms with van der Waals surface area (Å²) in [6.45, 7) is 0. The molecule has 0 N–H and O–H groups in total. The smallest absolute Gasteiger partial charge is 0.0617 e. The van der Waals surface area contributed by atoms with Gasteiger partial charge >= 0.3 is 236 Å². The normalized spacial score (nSPS) is 11.4. The fourth-order valence-electron chi connectivity index (χ4n) is 6.35. The van der Waals surface area contributed by atoms with Crippen molar-refractivity contribution in [3.8, 4) is 56.4 Å². The van der Waals surface area contributed by atoms with Crippen LogP contribution in [0, 0.1) is 0 Å². The van der Waals surface area contributed by atoms with E-state index >= 15 is 0 Å². The standard InChI is InChI=1S/C43H27N3Te/c1-3-11-28(12-4-1)29-19-21-31(22-20-29)42-44-41(30-13-5-2-6-14-30)45-43(46-42)38-26-34(25-33-15-7-8-16-35(33)38)32-23-24-37-36-17-9-10-18-39(36)47-40(37)27-32/h1-27H. The molecule has 0 saturated carbocycles. The van der Waals surface area contributed by atoms with Gasteiger partial charge < -0.3 is 0 Å². The SMILES string of the molecule is c1ccc(-c2ccc(-c3nc(-c4ccccc4)nc(-c4cc(-c5ccc6c(c5)[te]c5ccccc56)cc5ccccc45)n3)cc2)cc1. The minimum absolute atomic E-state index is 0.417. The number of benzene rings is 7. The molecular formula is C43H27N3Te. The second-order valence-electron chi connectivity index (χ2n) is 11.7. The van der Waals surface area contributed by atoms with Crippen molar-refractivity contribution in [1.29, 1.82) is 0 Å². The number of nitrogens with zero attached hydrogens (tertiary/aromatic N) is 3. The van der Waals surface area contributed by atoms with Crippen molar-refractivity contribution in [2.75, 3.05) is 0 Å². The molecule has 0 amide bonds. The maximum absolute atomic E-state index is 5.16. The van der Waals surface area contributed by atoms with Crippen molar-refractivity contribution >= 4 is 48.8 Å². The molecule has 0 aliphatic carbocycles. The summed E-state index contributed by atoms with van der Waals surface area (Å²) in [6.07, 6.45) is 0. The van der Waals surface area contributed by atoms with Crippen LogP contribution in [-0.4, -0.2) is 35.4 Å². The van der Waals surface area contributed by atoms with Crippen LogP contribution in [0.5, 0.6) is 0 Å². The van der Waals surface area contributed by atoms with E-state index in [-0.39, 0.29) is 0 Å². The molecule has 9 aromatic rings. The molecule has 2 aromatic heterocycles. The van der Waals surface area contributed by atoms with Gasteiger partial charge in [-0.2, -0.15) is 0 Å². The minimum atomic E-state index is -0.417. The molecule has 9 rings (SSSR count). The van der Waals surface area contributed by atoms with E-state index in [1.165, 1.54) is 34.3 Å². The molecule has 0 aliphatic rings. The summed E-state index contributed by atoms with van der Waals surface area (Å²) >= 11 is -0.417. The van der Waals surface area contributed by atoms with Crippen LogP contribution < -0.4 is 0 Å². The van der Waals surface area contributed by atoms with Crippen molar-refractivity contribution in [3.05, 3.63) is 164 Å². The maximum atomic E-state index is 5.16. The van der Waals surface area contributed by atoms with E-state index in [0.717, 1.165) is 33.0 Å². The summed E-state index contributed by atoms with van der Waals surface area (Å²) in [4.78, 5) is 15.3. The predicted molar refractivity (Wildman–Crippen MR) is 196 cm³/mol. The van der Waals surface area contributed by atoms with E-state index in [1.54, 1.807) is 0 Å². The van der Waals surface area contributed by atoms with Gasteiger partial charge in [0.15, 0.2) is 0 Å². The quantitative estimate of drug-likeness (QED) is 0.167. The van der Waals surface area contributed by atoms with Crippen LogP contribution >= 0.6 is 0 Å². The first-order valence-corrected chi connectivity index (χ1v) is 18.0. The Morgan fingerprint density at radius 1 is 0.319 bits per heavy atom. The topological polar surface area (TPSA) is 38.7 Å². The number of hydrogen-bond acceptors (Lipinski definition) is 3. The minimum Gasteiger partial charge on any atom is -0.0617 e. The zero-order chi connectivity index (χ0) is 31.2. The van der Waals surface area contributed by atoms with Gasteiger partial charge in [-0.05, 0) is 11.1 Å². The molecule has 0 unspecified atom stereocenters. The van der Waals surface area contributed by atoms with Gasteiger partial charge in [0.25, 0.3) is 0 Å². The molecule has 47 heavy (non-hydrogen) atoms. The van der Waals surface area contributed by atoms with Crippen LogP contribution in [-0.2, 0) is 0 Å². The van der Waals surface area contributed by atoms with Crippen molar-refractivity contribution < 1.29 is 0 Å². The molecule has 2 heterocycles. The van der Waals surface area contributed by atoms with Crippen LogP contribution in [0.1, 0.15) is 0 Å². The molecule has 220 valence electrons. The first kappa shape index (κ1) is 27.9. The monoisotopic (exact) mass is 715 g/mol. The van der Waals surface area contributed by atoms with Gasteiger partial charge in [0.2, 0.25) is 0 Å². The summed E-state index contributed by atoms with van der Waals surface area (Å²) in [7, 11) is 0. The Morgan fingerprint density at radius 2 is 0.851 bits per heavy atom. The Balaban J connectivity index is 1.22. The fraction of sp³-hybridized carbons (Fsp3) is 0. The molecule has 0 atom stereocenters. The number of rotatable bonds is 5. The van der Waals surface area contributed by atoms with Crippen molar-refractivity contribution in [2.24, 2.45) is 0 Å². The Morgan fingerprint density at radius 3 is 1.62 bits per heavy atom. The third kappa shape index (κ3) is 5.22. The van der Waals surface area contributed by atoms with E-state index in [2.05, 4.69) is 140 Å². The van der Waals surface area contributed by atoms with Crippen LogP contribution in [0.4, 0.5) is 0 Å². The average molecular weight is 713 g/mol.